The fourth-order valence-electron chi connectivity index (χ4n) is 16.0. The molecule has 548 valence electrons. The molecule has 19 aromatic rings. The molecule has 0 aliphatic rings. The first-order valence-corrected chi connectivity index (χ1v) is 39.7. The van der Waals surface area contributed by atoms with Crippen LogP contribution in [0.1, 0.15) is 0 Å². The zero-order valence-electron chi connectivity index (χ0n) is 64.0. The van der Waals surface area contributed by atoms with E-state index in [9.17, 15) is 0 Å². The van der Waals surface area contributed by atoms with E-state index in [1.807, 2.05) is 0 Å². The summed E-state index contributed by atoms with van der Waals surface area (Å²) in [6.45, 7) is 0. The van der Waals surface area contributed by atoms with Crippen LogP contribution < -0.4 is 19.6 Å². The molecular weight excluding hydrogens is 1400 g/mol. The molecule has 0 fully saturated rings. The molecule has 4 nitrogen and oxygen atoms in total. The molecule has 0 bridgehead atoms. The zero-order valence-corrected chi connectivity index (χ0v) is 64.0. The first kappa shape index (κ1) is 71.0. The summed E-state index contributed by atoms with van der Waals surface area (Å²) in [6.07, 6.45) is 0. The van der Waals surface area contributed by atoms with E-state index in [0.29, 0.717) is 0 Å². The van der Waals surface area contributed by atoms with E-state index in [1.165, 1.54) is 55.3 Å². The van der Waals surface area contributed by atoms with Gasteiger partial charge in [-0.05, 0) is 245 Å². The van der Waals surface area contributed by atoms with Crippen LogP contribution in [0.15, 0.2) is 485 Å². The summed E-state index contributed by atoms with van der Waals surface area (Å²) < 4.78 is 0. The van der Waals surface area contributed by atoms with E-state index in [1.54, 1.807) is 0 Å². The SMILES string of the molecule is c1ccc(-c2ccc(N(c3ccc(-c4ccccc4)cc3)c3ccc(-c4ccc(N(c5ccc(-c6ccccc6)cc5)c5ccc(-c6ccc(-c7ccc(-c8ccc(N(c9ccc(-c%10ccccc%10)cc9)c9ccc(-c%10ccc(N(c%11ccccc%11)c%11cccc%12ccccc%11%12)cc%10)cc9)cc8)cc7)cc6)cc5)cc4)cc3)cc2)cc1. The monoisotopic (exact) mass is 1480 g/mol. The predicted octanol–water partition coefficient (Wildman–Crippen LogP) is 31.7. The third-order valence-electron chi connectivity index (χ3n) is 22.1. The Hall–Kier alpha value is -15.4. The van der Waals surface area contributed by atoms with Crippen LogP contribution in [-0.4, -0.2) is 0 Å². The smallest absolute Gasteiger partial charge is 0.0540 e. The van der Waals surface area contributed by atoms with Crippen LogP contribution in [0, 0.1) is 0 Å². The normalized spacial score (nSPS) is 11.1. The van der Waals surface area contributed by atoms with Crippen LogP contribution in [0.3, 0.4) is 0 Å². The molecule has 19 rings (SSSR count). The maximum Gasteiger partial charge on any atom is 0.0540 e. The molecule has 0 heterocycles. The summed E-state index contributed by atoms with van der Waals surface area (Å²) in [5.41, 5.74) is 34.0. The van der Waals surface area contributed by atoms with Crippen LogP contribution in [0.4, 0.5) is 68.2 Å². The van der Waals surface area contributed by atoms with E-state index in [-0.39, 0.29) is 0 Å². The summed E-state index contributed by atoms with van der Waals surface area (Å²) >= 11 is 0. The van der Waals surface area contributed by atoms with Gasteiger partial charge in [-0.1, -0.05) is 346 Å². The highest BCUT2D eigenvalue weighted by Gasteiger charge is 2.21. The minimum Gasteiger partial charge on any atom is -0.311 e. The van der Waals surface area contributed by atoms with Crippen molar-refractivity contribution in [3.63, 3.8) is 0 Å². The Labute approximate surface area is 679 Å². The van der Waals surface area contributed by atoms with Crippen molar-refractivity contribution in [2.45, 2.75) is 0 Å². The fraction of sp³-hybridized carbons (Fsp3) is 0. The Morgan fingerprint density at radius 2 is 0.241 bits per heavy atom. The Morgan fingerprint density at radius 3 is 0.457 bits per heavy atom. The second kappa shape index (κ2) is 32.5. The topological polar surface area (TPSA) is 13.0 Å². The van der Waals surface area contributed by atoms with Crippen molar-refractivity contribution in [1.82, 2.24) is 0 Å². The molecule has 0 radical (unpaired) electrons. The zero-order chi connectivity index (χ0) is 77.4. The fourth-order valence-corrected chi connectivity index (χ4v) is 16.0. The third-order valence-corrected chi connectivity index (χ3v) is 22.1. The summed E-state index contributed by atoms with van der Waals surface area (Å²) in [5, 5.41) is 2.42. The van der Waals surface area contributed by atoms with Crippen molar-refractivity contribution in [3.8, 4) is 100 Å². The Morgan fingerprint density at radius 1 is 0.0948 bits per heavy atom. The average molecular weight is 1480 g/mol. The van der Waals surface area contributed by atoms with E-state index in [0.717, 1.165) is 124 Å². The molecule has 0 aliphatic carbocycles. The molecule has 19 aromatic carbocycles. The van der Waals surface area contributed by atoms with Gasteiger partial charge in [-0.25, -0.2) is 0 Å². The van der Waals surface area contributed by atoms with Gasteiger partial charge in [0.2, 0.25) is 0 Å². The highest BCUT2D eigenvalue weighted by atomic mass is 15.2. The first-order chi connectivity index (χ1) is 57.5. The van der Waals surface area contributed by atoms with Gasteiger partial charge < -0.3 is 19.6 Å². The van der Waals surface area contributed by atoms with Gasteiger partial charge in [-0.15, -0.1) is 0 Å². The lowest BCUT2D eigenvalue weighted by molar-refractivity contribution is 1.28. The summed E-state index contributed by atoms with van der Waals surface area (Å²) in [4.78, 5) is 9.40. The van der Waals surface area contributed by atoms with Crippen molar-refractivity contribution in [1.29, 1.82) is 0 Å². The molecule has 0 saturated carbocycles. The van der Waals surface area contributed by atoms with Gasteiger partial charge in [0.15, 0.2) is 0 Å². The van der Waals surface area contributed by atoms with Crippen LogP contribution >= 0.6 is 0 Å². The largest absolute Gasteiger partial charge is 0.311 e. The third kappa shape index (κ3) is 15.1. The summed E-state index contributed by atoms with van der Waals surface area (Å²) in [7, 11) is 0. The van der Waals surface area contributed by atoms with Crippen molar-refractivity contribution in [2.75, 3.05) is 19.6 Å². The number of hydrogen-bond acceptors (Lipinski definition) is 4. The maximum atomic E-state index is 2.35. The molecular formula is C112H80N4. The van der Waals surface area contributed by atoms with Crippen LogP contribution in [0.2, 0.25) is 0 Å². The molecule has 0 aliphatic heterocycles. The van der Waals surface area contributed by atoms with Gasteiger partial charge >= 0.3 is 0 Å². The van der Waals surface area contributed by atoms with E-state index < -0.39 is 0 Å². The lowest BCUT2D eigenvalue weighted by Crippen LogP contribution is -2.10. The molecule has 0 atom stereocenters. The lowest BCUT2D eigenvalue weighted by Gasteiger charge is -2.27. The standard InChI is InChI=1S/C112H80N4/c1-6-19-81(20-7-1)89-41-61-101(62-42-89)113(102-63-43-90(44-64-102)82-21-8-2-9-22-82)107-73-53-95(54-74-107)96-55-75-108(76-56-96)114(103-65-45-91(46-66-103)83-23-10-3-11-24-83)105-69-49-93(50-70-105)87-37-33-85(34-38-87)86-35-39-88(40-36-86)94-51-71-106(72-52-94)115(104-67-47-92(48-68-104)84-25-12-4-13-26-84)109-77-57-97(58-78-109)98-59-79-110(80-60-98)116(100-29-14-5-15-30-100)112-32-18-28-99-27-16-17-31-111(99)112/h1-80H. The number of nitrogens with zero attached hydrogens (tertiary/aromatic N) is 4. The van der Waals surface area contributed by atoms with Gasteiger partial charge in [-0.2, -0.15) is 0 Å². The second-order valence-electron chi connectivity index (χ2n) is 29.3. The van der Waals surface area contributed by atoms with Gasteiger partial charge in [-0.3, -0.25) is 0 Å². The number of para-hydroxylation sites is 1. The molecule has 4 heteroatoms. The van der Waals surface area contributed by atoms with Gasteiger partial charge in [0.05, 0.1) is 5.69 Å². The van der Waals surface area contributed by atoms with Crippen molar-refractivity contribution < 1.29 is 0 Å². The first-order valence-electron chi connectivity index (χ1n) is 39.7. The van der Waals surface area contributed by atoms with E-state index in [4.69, 9.17) is 0 Å². The molecule has 0 N–H and O–H groups in total. The van der Waals surface area contributed by atoms with E-state index >= 15 is 0 Å². The van der Waals surface area contributed by atoms with Crippen LogP contribution in [-0.2, 0) is 0 Å². The van der Waals surface area contributed by atoms with Crippen molar-refractivity contribution >= 4 is 79.0 Å². The number of rotatable bonds is 21. The van der Waals surface area contributed by atoms with Crippen LogP contribution in [0.5, 0.6) is 0 Å². The maximum absolute atomic E-state index is 2.35. The highest BCUT2D eigenvalue weighted by Crippen LogP contribution is 2.45. The average Bonchev–Trinajstić information content (AvgIpc) is 0.799. The second-order valence-corrected chi connectivity index (χ2v) is 29.3. The molecule has 0 unspecified atom stereocenters. The molecule has 116 heavy (non-hydrogen) atoms. The van der Waals surface area contributed by atoms with Crippen molar-refractivity contribution in [2.24, 2.45) is 0 Å². The van der Waals surface area contributed by atoms with Crippen LogP contribution in [0.25, 0.3) is 111 Å². The number of hydrogen-bond donors (Lipinski definition) is 0. The molecule has 0 spiro atoms. The van der Waals surface area contributed by atoms with Gasteiger partial charge in [0.1, 0.15) is 0 Å². The van der Waals surface area contributed by atoms with E-state index in [2.05, 4.69) is 505 Å². The Balaban J connectivity index is 0.555. The summed E-state index contributed by atoms with van der Waals surface area (Å²) in [6, 6.07) is 175. The minimum absolute atomic E-state index is 1.07. The Bertz CT molecular complexity index is 6380. The van der Waals surface area contributed by atoms with Crippen molar-refractivity contribution in [3.05, 3.63) is 485 Å². The number of benzene rings is 19. The molecule has 0 aromatic heterocycles. The highest BCUT2D eigenvalue weighted by molar-refractivity contribution is 5.99. The minimum atomic E-state index is 1.07. The lowest BCUT2D eigenvalue weighted by atomic mass is 9.97. The van der Waals surface area contributed by atoms with Gasteiger partial charge in [0.25, 0.3) is 0 Å². The quantitative estimate of drug-likeness (QED) is 0.0711. The molecule has 0 amide bonds. The Kier molecular flexibility index (Phi) is 19.9. The molecule has 0 saturated heterocycles. The summed E-state index contributed by atoms with van der Waals surface area (Å²) in [5.74, 6) is 0. The number of fused-ring (bicyclic) bond motifs is 1. The number of anilines is 12. The van der Waals surface area contributed by atoms with Gasteiger partial charge in [0, 0.05) is 67.9 Å². The predicted molar refractivity (Wildman–Crippen MR) is 492 cm³/mol.